The summed E-state index contributed by atoms with van der Waals surface area (Å²) in [5.41, 5.74) is 0.792. The highest BCUT2D eigenvalue weighted by Gasteiger charge is 2.48. The number of rotatable bonds is 6. The van der Waals surface area contributed by atoms with E-state index < -0.39 is 42.7 Å². The summed E-state index contributed by atoms with van der Waals surface area (Å²) in [5, 5.41) is 50.9. The van der Waals surface area contributed by atoms with Gasteiger partial charge in [0.15, 0.2) is 0 Å². The van der Waals surface area contributed by atoms with Crippen molar-refractivity contribution < 1.29 is 35.1 Å². The Labute approximate surface area is 133 Å². The second-order valence-electron chi connectivity index (χ2n) is 5.62. The summed E-state index contributed by atoms with van der Waals surface area (Å²) in [7, 11) is 0. The molecule has 1 fully saturated rings. The summed E-state index contributed by atoms with van der Waals surface area (Å²) in [6.45, 7) is -0.783. The van der Waals surface area contributed by atoms with Crippen molar-refractivity contribution in [3.05, 3.63) is 35.9 Å². The van der Waals surface area contributed by atoms with E-state index in [1.54, 1.807) is 24.3 Å². The molecular formula is C15H21NO7. The average molecular weight is 327 g/mol. The number of aliphatic hydroxyl groups is 4. The highest BCUT2D eigenvalue weighted by molar-refractivity contribution is 5.73. The summed E-state index contributed by atoms with van der Waals surface area (Å²) in [4.78, 5) is 11.3. The second-order valence-corrected chi connectivity index (χ2v) is 5.62. The fraction of sp³-hybridized carbons (Fsp3) is 0.533. The molecule has 2 rings (SSSR count). The van der Waals surface area contributed by atoms with Crippen LogP contribution in [0.15, 0.2) is 30.3 Å². The minimum Gasteiger partial charge on any atom is -0.480 e. The zero-order valence-corrected chi connectivity index (χ0v) is 12.4. The van der Waals surface area contributed by atoms with Gasteiger partial charge in [-0.15, -0.1) is 0 Å². The van der Waals surface area contributed by atoms with Crippen molar-refractivity contribution in [2.45, 2.75) is 36.6 Å². The van der Waals surface area contributed by atoms with Crippen LogP contribution in [0.1, 0.15) is 5.56 Å². The van der Waals surface area contributed by atoms with Crippen LogP contribution in [0.25, 0.3) is 0 Å². The molecule has 0 saturated carbocycles. The number of benzene rings is 1. The van der Waals surface area contributed by atoms with Crippen LogP contribution >= 0.6 is 0 Å². The topological polar surface area (TPSA) is 139 Å². The van der Waals surface area contributed by atoms with Crippen LogP contribution in [0.5, 0.6) is 0 Å². The Kier molecular flexibility index (Phi) is 5.69. The van der Waals surface area contributed by atoms with Gasteiger partial charge in [-0.1, -0.05) is 30.3 Å². The van der Waals surface area contributed by atoms with E-state index in [4.69, 9.17) is 4.74 Å². The minimum absolute atomic E-state index is 0.174. The third-order valence-electron chi connectivity index (χ3n) is 3.87. The number of carbonyl (C=O) groups is 1. The van der Waals surface area contributed by atoms with Gasteiger partial charge in [-0.2, -0.15) is 0 Å². The van der Waals surface area contributed by atoms with Crippen molar-refractivity contribution in [2.24, 2.45) is 0 Å². The summed E-state index contributed by atoms with van der Waals surface area (Å²) < 4.78 is 4.98. The standard InChI is InChI=1S/C15H21NO7/c17-11-7-23-15(22,13(19)12(11)18)8-16-10(14(20)21)6-9-4-2-1-3-5-9/h1-5,10-13,16-19,22H,6-8H2,(H,20,21)/t10-,11-,12-,13+,15?/m1/s1. The first-order chi connectivity index (χ1) is 10.8. The maximum absolute atomic E-state index is 11.3. The molecule has 0 bridgehead atoms. The summed E-state index contributed by atoms with van der Waals surface area (Å²) in [5.74, 6) is -3.30. The van der Waals surface area contributed by atoms with Crippen LogP contribution in [0.2, 0.25) is 0 Å². The van der Waals surface area contributed by atoms with Gasteiger partial charge in [0.2, 0.25) is 5.79 Å². The lowest BCUT2D eigenvalue weighted by Gasteiger charge is -2.42. The highest BCUT2D eigenvalue weighted by Crippen LogP contribution is 2.23. The molecule has 0 aliphatic carbocycles. The zero-order chi connectivity index (χ0) is 17.0. The zero-order valence-electron chi connectivity index (χ0n) is 12.4. The van der Waals surface area contributed by atoms with Gasteiger partial charge in [-0.25, -0.2) is 0 Å². The third-order valence-corrected chi connectivity index (χ3v) is 3.87. The van der Waals surface area contributed by atoms with Crippen molar-refractivity contribution in [2.75, 3.05) is 13.2 Å². The van der Waals surface area contributed by atoms with E-state index in [9.17, 15) is 30.3 Å². The molecule has 1 aliphatic rings. The molecule has 1 aliphatic heterocycles. The Hall–Kier alpha value is -1.55. The molecule has 1 heterocycles. The Morgan fingerprint density at radius 1 is 1.30 bits per heavy atom. The van der Waals surface area contributed by atoms with Gasteiger partial charge >= 0.3 is 5.97 Å². The number of hydrogen-bond acceptors (Lipinski definition) is 7. The number of aliphatic carboxylic acids is 1. The Morgan fingerprint density at radius 3 is 2.57 bits per heavy atom. The molecule has 1 aromatic carbocycles. The predicted octanol–water partition coefficient (Wildman–Crippen LogP) is -1.93. The molecule has 0 radical (unpaired) electrons. The second kappa shape index (κ2) is 7.35. The van der Waals surface area contributed by atoms with E-state index in [-0.39, 0.29) is 13.0 Å². The number of hydrogen-bond donors (Lipinski definition) is 6. The number of carboxylic acids is 1. The fourth-order valence-corrected chi connectivity index (χ4v) is 2.41. The molecule has 1 aromatic rings. The first-order valence-electron chi connectivity index (χ1n) is 7.24. The predicted molar refractivity (Wildman–Crippen MR) is 78.5 cm³/mol. The fourth-order valence-electron chi connectivity index (χ4n) is 2.41. The van der Waals surface area contributed by atoms with Gasteiger partial charge < -0.3 is 30.3 Å². The molecule has 0 aromatic heterocycles. The van der Waals surface area contributed by atoms with Crippen molar-refractivity contribution in [1.29, 1.82) is 0 Å². The third kappa shape index (κ3) is 4.25. The van der Waals surface area contributed by atoms with E-state index in [2.05, 4.69) is 5.32 Å². The minimum atomic E-state index is -2.18. The lowest BCUT2D eigenvalue weighted by molar-refractivity contribution is -0.318. The number of aliphatic hydroxyl groups excluding tert-OH is 3. The van der Waals surface area contributed by atoms with Crippen molar-refractivity contribution in [3.63, 3.8) is 0 Å². The van der Waals surface area contributed by atoms with Crippen LogP contribution in [-0.4, -0.2) is 74.8 Å². The molecule has 0 amide bonds. The van der Waals surface area contributed by atoms with Crippen LogP contribution < -0.4 is 5.32 Å². The van der Waals surface area contributed by atoms with Gasteiger partial charge in [0.1, 0.15) is 24.4 Å². The maximum Gasteiger partial charge on any atom is 0.321 e. The lowest BCUT2D eigenvalue weighted by atomic mass is 9.96. The van der Waals surface area contributed by atoms with E-state index in [1.807, 2.05) is 6.07 Å². The summed E-state index contributed by atoms with van der Waals surface area (Å²) >= 11 is 0. The SMILES string of the molecule is O=C(O)[C@@H](Cc1ccccc1)NCC1(O)OC[C@@H](O)[C@@H](O)[C@@H]1O. The molecule has 8 nitrogen and oxygen atoms in total. The first kappa shape index (κ1) is 17.8. The largest absolute Gasteiger partial charge is 0.480 e. The molecule has 1 unspecified atom stereocenters. The summed E-state index contributed by atoms with van der Waals surface area (Å²) in [6, 6.07) is 7.92. The molecule has 5 atom stereocenters. The number of ether oxygens (including phenoxy) is 1. The quantitative estimate of drug-likeness (QED) is 0.355. The monoisotopic (exact) mass is 327 g/mol. The van der Waals surface area contributed by atoms with Crippen LogP contribution in [0, 0.1) is 0 Å². The smallest absolute Gasteiger partial charge is 0.321 e. The van der Waals surface area contributed by atoms with Crippen LogP contribution in [-0.2, 0) is 16.0 Å². The Morgan fingerprint density at radius 2 is 1.96 bits per heavy atom. The molecule has 23 heavy (non-hydrogen) atoms. The van der Waals surface area contributed by atoms with Crippen molar-refractivity contribution in [1.82, 2.24) is 5.32 Å². The van der Waals surface area contributed by atoms with Crippen LogP contribution in [0.3, 0.4) is 0 Å². The van der Waals surface area contributed by atoms with Gasteiger partial charge in [-0.05, 0) is 12.0 Å². The summed E-state index contributed by atoms with van der Waals surface area (Å²) in [6.07, 6.45) is -4.48. The highest BCUT2D eigenvalue weighted by atomic mass is 16.6. The number of nitrogens with one attached hydrogen (secondary N) is 1. The maximum atomic E-state index is 11.3. The van der Waals surface area contributed by atoms with Crippen molar-refractivity contribution in [3.8, 4) is 0 Å². The van der Waals surface area contributed by atoms with E-state index in [0.717, 1.165) is 5.56 Å². The normalized spacial score (nSPS) is 32.4. The Bertz CT molecular complexity index is 526. The molecule has 8 heteroatoms. The first-order valence-corrected chi connectivity index (χ1v) is 7.24. The molecule has 128 valence electrons. The Balaban J connectivity index is 1.99. The number of carboxylic acid groups (broad SMARTS) is 1. The lowest BCUT2D eigenvalue weighted by Crippen LogP contribution is -2.65. The molecule has 0 spiro atoms. The average Bonchev–Trinajstić information content (AvgIpc) is 2.54. The molecular weight excluding hydrogens is 306 g/mol. The van der Waals surface area contributed by atoms with E-state index in [0.29, 0.717) is 0 Å². The van der Waals surface area contributed by atoms with Gasteiger partial charge in [-0.3, -0.25) is 10.1 Å². The van der Waals surface area contributed by atoms with E-state index in [1.165, 1.54) is 0 Å². The van der Waals surface area contributed by atoms with E-state index >= 15 is 0 Å². The molecule has 6 N–H and O–H groups in total. The van der Waals surface area contributed by atoms with Gasteiger partial charge in [0, 0.05) is 0 Å². The van der Waals surface area contributed by atoms with Gasteiger partial charge in [0.25, 0.3) is 0 Å². The molecule has 1 saturated heterocycles. The van der Waals surface area contributed by atoms with Crippen LogP contribution in [0.4, 0.5) is 0 Å². The van der Waals surface area contributed by atoms with Gasteiger partial charge in [0.05, 0.1) is 13.2 Å². The van der Waals surface area contributed by atoms with Crippen molar-refractivity contribution >= 4 is 5.97 Å².